The van der Waals surface area contributed by atoms with Crippen molar-refractivity contribution in [3.05, 3.63) is 16.4 Å². The van der Waals surface area contributed by atoms with Crippen molar-refractivity contribution in [2.75, 3.05) is 0 Å². The van der Waals surface area contributed by atoms with Crippen LogP contribution in [-0.2, 0) is 24.2 Å². The molecular weight excluding hydrogens is 212 g/mol. The highest BCUT2D eigenvalue weighted by atomic mass is 35.5. The monoisotopic (exact) mass is 228 g/mol. The maximum absolute atomic E-state index is 10.9. The van der Waals surface area contributed by atoms with Crippen molar-refractivity contribution in [1.29, 1.82) is 0 Å². The van der Waals surface area contributed by atoms with Gasteiger partial charge in [0, 0.05) is 13.0 Å². The van der Waals surface area contributed by atoms with Crippen molar-refractivity contribution in [3.63, 3.8) is 0 Å². The molecule has 1 rings (SSSR count). The van der Waals surface area contributed by atoms with Gasteiger partial charge in [0.1, 0.15) is 5.78 Å². The standard InChI is InChI=1S/C11H17ClN2O/c1-4-9-11(12)10(7-6-8(3)15)14(5-2)13-9/h4-7H2,1-3H3. The SMILES string of the molecule is CCc1nn(CC)c(CCC(C)=O)c1Cl. The number of Topliss-reactive ketones (excluding diaryl/α,β-unsaturated/α-hetero) is 1. The fraction of sp³-hybridized carbons (Fsp3) is 0.636. The lowest BCUT2D eigenvalue weighted by Gasteiger charge is -2.03. The van der Waals surface area contributed by atoms with Gasteiger partial charge in [0.15, 0.2) is 0 Å². The topological polar surface area (TPSA) is 34.9 Å². The third kappa shape index (κ3) is 2.81. The second-order valence-corrected chi connectivity index (χ2v) is 3.96. The molecule has 3 nitrogen and oxygen atoms in total. The van der Waals surface area contributed by atoms with E-state index in [2.05, 4.69) is 5.10 Å². The Balaban J connectivity index is 2.92. The quantitative estimate of drug-likeness (QED) is 0.777. The molecule has 0 saturated heterocycles. The van der Waals surface area contributed by atoms with Crippen LogP contribution < -0.4 is 0 Å². The summed E-state index contributed by atoms with van der Waals surface area (Å²) in [6, 6.07) is 0. The number of carbonyl (C=O) groups is 1. The smallest absolute Gasteiger partial charge is 0.130 e. The number of aromatic nitrogens is 2. The van der Waals surface area contributed by atoms with E-state index in [9.17, 15) is 4.79 Å². The summed E-state index contributed by atoms with van der Waals surface area (Å²) in [6.07, 6.45) is 2.06. The molecular formula is C11H17ClN2O. The minimum atomic E-state index is 0.188. The van der Waals surface area contributed by atoms with E-state index in [0.29, 0.717) is 12.8 Å². The summed E-state index contributed by atoms with van der Waals surface area (Å²) >= 11 is 6.20. The Hall–Kier alpha value is -0.830. The van der Waals surface area contributed by atoms with Crippen molar-refractivity contribution in [1.82, 2.24) is 9.78 Å². The van der Waals surface area contributed by atoms with E-state index in [0.717, 1.165) is 29.4 Å². The van der Waals surface area contributed by atoms with Crippen LogP contribution in [-0.4, -0.2) is 15.6 Å². The Morgan fingerprint density at radius 3 is 2.60 bits per heavy atom. The second-order valence-electron chi connectivity index (χ2n) is 3.58. The number of carbonyl (C=O) groups excluding carboxylic acids is 1. The van der Waals surface area contributed by atoms with E-state index in [1.807, 2.05) is 18.5 Å². The molecule has 1 heterocycles. The first-order valence-corrected chi connectivity index (χ1v) is 5.71. The van der Waals surface area contributed by atoms with Gasteiger partial charge in [0.2, 0.25) is 0 Å². The van der Waals surface area contributed by atoms with Crippen molar-refractivity contribution in [2.45, 2.75) is 46.6 Å². The molecule has 1 aromatic rings. The molecule has 1 aromatic heterocycles. The first-order chi connectivity index (χ1) is 7.10. The predicted molar refractivity (Wildman–Crippen MR) is 61.3 cm³/mol. The van der Waals surface area contributed by atoms with Crippen LogP contribution in [0.2, 0.25) is 5.02 Å². The summed E-state index contributed by atoms with van der Waals surface area (Å²) in [7, 11) is 0. The molecule has 15 heavy (non-hydrogen) atoms. The van der Waals surface area contributed by atoms with Crippen LogP contribution >= 0.6 is 11.6 Å². The summed E-state index contributed by atoms with van der Waals surface area (Å²) in [5.74, 6) is 0.188. The molecule has 0 radical (unpaired) electrons. The third-order valence-electron chi connectivity index (χ3n) is 2.41. The molecule has 84 valence electrons. The lowest BCUT2D eigenvalue weighted by atomic mass is 10.1. The van der Waals surface area contributed by atoms with Crippen LogP contribution in [0, 0.1) is 0 Å². The summed E-state index contributed by atoms with van der Waals surface area (Å²) in [6.45, 7) is 6.46. The average molecular weight is 229 g/mol. The molecule has 0 aliphatic rings. The average Bonchev–Trinajstić information content (AvgIpc) is 2.51. The fourth-order valence-corrected chi connectivity index (χ4v) is 1.91. The lowest BCUT2D eigenvalue weighted by Crippen LogP contribution is -2.05. The Morgan fingerprint density at radius 1 is 1.47 bits per heavy atom. The first-order valence-electron chi connectivity index (χ1n) is 5.33. The zero-order valence-electron chi connectivity index (χ0n) is 9.51. The number of aryl methyl sites for hydroxylation is 2. The number of hydrogen-bond donors (Lipinski definition) is 0. The highest BCUT2D eigenvalue weighted by Crippen LogP contribution is 2.22. The Morgan fingerprint density at radius 2 is 2.13 bits per heavy atom. The Labute approximate surface area is 95.4 Å². The van der Waals surface area contributed by atoms with E-state index in [4.69, 9.17) is 11.6 Å². The minimum absolute atomic E-state index is 0.188. The molecule has 0 fully saturated rings. The summed E-state index contributed by atoms with van der Waals surface area (Å²) in [4.78, 5) is 10.9. The van der Waals surface area contributed by atoms with Gasteiger partial charge in [-0.1, -0.05) is 18.5 Å². The van der Waals surface area contributed by atoms with Crippen molar-refractivity contribution < 1.29 is 4.79 Å². The Bertz CT molecular complexity index is 358. The van der Waals surface area contributed by atoms with Crippen molar-refractivity contribution in [3.8, 4) is 0 Å². The molecule has 0 N–H and O–H groups in total. The zero-order chi connectivity index (χ0) is 11.4. The molecule has 0 amide bonds. The number of ketones is 1. The van der Waals surface area contributed by atoms with Gasteiger partial charge in [-0.3, -0.25) is 4.68 Å². The van der Waals surface area contributed by atoms with Gasteiger partial charge in [-0.05, 0) is 26.7 Å². The molecule has 0 bridgehead atoms. The molecule has 0 aliphatic carbocycles. The summed E-state index contributed by atoms with van der Waals surface area (Å²) in [5.41, 5.74) is 1.92. The summed E-state index contributed by atoms with van der Waals surface area (Å²) < 4.78 is 1.89. The molecule has 0 aromatic carbocycles. The third-order valence-corrected chi connectivity index (χ3v) is 2.84. The van der Waals surface area contributed by atoms with Crippen LogP contribution in [0.15, 0.2) is 0 Å². The van der Waals surface area contributed by atoms with Crippen LogP contribution in [0.3, 0.4) is 0 Å². The predicted octanol–water partition coefficient (Wildman–Crippen LogP) is 2.64. The number of hydrogen-bond acceptors (Lipinski definition) is 2. The van der Waals surface area contributed by atoms with Crippen LogP contribution in [0.1, 0.15) is 38.6 Å². The highest BCUT2D eigenvalue weighted by Gasteiger charge is 2.14. The molecule has 0 saturated carbocycles. The Kier molecular flexibility index (Phi) is 4.33. The number of halogens is 1. The largest absolute Gasteiger partial charge is 0.300 e. The second kappa shape index (κ2) is 5.31. The van der Waals surface area contributed by atoms with Gasteiger partial charge in [-0.15, -0.1) is 0 Å². The van der Waals surface area contributed by atoms with Gasteiger partial charge in [-0.25, -0.2) is 0 Å². The zero-order valence-corrected chi connectivity index (χ0v) is 10.3. The molecule has 0 atom stereocenters. The van der Waals surface area contributed by atoms with Gasteiger partial charge in [0.25, 0.3) is 0 Å². The van der Waals surface area contributed by atoms with Gasteiger partial charge < -0.3 is 4.79 Å². The van der Waals surface area contributed by atoms with Crippen molar-refractivity contribution >= 4 is 17.4 Å². The number of nitrogens with zero attached hydrogens (tertiary/aromatic N) is 2. The fourth-order valence-electron chi connectivity index (χ4n) is 1.55. The van der Waals surface area contributed by atoms with E-state index >= 15 is 0 Å². The van der Waals surface area contributed by atoms with E-state index in [1.54, 1.807) is 6.92 Å². The summed E-state index contributed by atoms with van der Waals surface area (Å²) in [5, 5.41) is 5.13. The maximum Gasteiger partial charge on any atom is 0.130 e. The van der Waals surface area contributed by atoms with Crippen LogP contribution in [0.4, 0.5) is 0 Å². The van der Waals surface area contributed by atoms with Gasteiger partial charge >= 0.3 is 0 Å². The minimum Gasteiger partial charge on any atom is -0.300 e. The number of rotatable bonds is 5. The highest BCUT2D eigenvalue weighted by molar-refractivity contribution is 6.31. The van der Waals surface area contributed by atoms with E-state index in [1.165, 1.54) is 0 Å². The molecule has 4 heteroatoms. The molecule has 0 unspecified atom stereocenters. The first kappa shape index (κ1) is 12.2. The molecule has 0 aliphatic heterocycles. The van der Waals surface area contributed by atoms with Gasteiger partial charge in [-0.2, -0.15) is 5.10 Å². The van der Waals surface area contributed by atoms with Crippen LogP contribution in [0.25, 0.3) is 0 Å². The molecule has 0 spiro atoms. The maximum atomic E-state index is 10.9. The normalized spacial score (nSPS) is 10.7. The van der Waals surface area contributed by atoms with E-state index in [-0.39, 0.29) is 5.78 Å². The van der Waals surface area contributed by atoms with Crippen LogP contribution in [0.5, 0.6) is 0 Å². The lowest BCUT2D eigenvalue weighted by molar-refractivity contribution is -0.117. The van der Waals surface area contributed by atoms with Crippen molar-refractivity contribution in [2.24, 2.45) is 0 Å². The van der Waals surface area contributed by atoms with E-state index < -0.39 is 0 Å². The van der Waals surface area contributed by atoms with Gasteiger partial charge in [0.05, 0.1) is 16.4 Å².